The van der Waals surface area contributed by atoms with E-state index in [1.54, 1.807) is 22.2 Å². The molecule has 32 heavy (non-hydrogen) atoms. The fourth-order valence-electron chi connectivity index (χ4n) is 3.48. The van der Waals surface area contributed by atoms with E-state index < -0.39 is 5.97 Å². The standard InChI is InChI=1S/C24H25N5O2S/c1-4-28(5-2)19-12-8-18(9-13-19)26-24-27-21(15-32-24)17-6-10-20(11-7-17)29-16-25-14-22(29)23(30)31-3/h6-16H,4-5H2,1-3H3,(H,26,27). The number of hydrogen-bond acceptors (Lipinski definition) is 7. The number of imidazole rings is 1. The highest BCUT2D eigenvalue weighted by Crippen LogP contribution is 2.29. The van der Waals surface area contributed by atoms with Crippen LogP contribution in [-0.4, -0.2) is 40.7 Å². The molecule has 2 aromatic heterocycles. The van der Waals surface area contributed by atoms with Crippen molar-refractivity contribution in [2.24, 2.45) is 0 Å². The molecule has 0 aliphatic carbocycles. The third kappa shape index (κ3) is 4.50. The maximum atomic E-state index is 11.9. The summed E-state index contributed by atoms with van der Waals surface area (Å²) in [6, 6.07) is 16.2. The normalized spacial score (nSPS) is 10.7. The molecule has 0 amide bonds. The summed E-state index contributed by atoms with van der Waals surface area (Å²) < 4.78 is 6.51. The molecule has 0 radical (unpaired) electrons. The van der Waals surface area contributed by atoms with Gasteiger partial charge in [-0.3, -0.25) is 4.57 Å². The third-order valence-electron chi connectivity index (χ3n) is 5.23. The second kappa shape index (κ2) is 9.65. The Bertz CT molecular complexity index is 1180. The van der Waals surface area contributed by atoms with Gasteiger partial charge in [-0.15, -0.1) is 11.3 Å². The van der Waals surface area contributed by atoms with Gasteiger partial charge in [-0.2, -0.15) is 0 Å². The zero-order valence-electron chi connectivity index (χ0n) is 18.3. The molecule has 1 N–H and O–H groups in total. The van der Waals surface area contributed by atoms with Gasteiger partial charge in [-0.25, -0.2) is 14.8 Å². The molecule has 164 valence electrons. The van der Waals surface area contributed by atoms with Gasteiger partial charge in [0, 0.05) is 41.1 Å². The molecule has 0 spiro atoms. The Morgan fingerprint density at radius 1 is 1.09 bits per heavy atom. The molecule has 7 nitrogen and oxygen atoms in total. The number of benzene rings is 2. The third-order valence-corrected chi connectivity index (χ3v) is 5.98. The first-order valence-electron chi connectivity index (χ1n) is 10.4. The van der Waals surface area contributed by atoms with Gasteiger partial charge in [0.25, 0.3) is 0 Å². The lowest BCUT2D eigenvalue weighted by Gasteiger charge is -2.21. The van der Waals surface area contributed by atoms with Crippen molar-refractivity contribution in [3.8, 4) is 16.9 Å². The highest BCUT2D eigenvalue weighted by atomic mass is 32.1. The van der Waals surface area contributed by atoms with Crippen molar-refractivity contribution in [1.29, 1.82) is 0 Å². The molecule has 0 aliphatic rings. The number of rotatable bonds is 8. The molecule has 2 heterocycles. The maximum absolute atomic E-state index is 11.9. The zero-order valence-corrected chi connectivity index (χ0v) is 19.1. The van der Waals surface area contributed by atoms with Gasteiger partial charge in [-0.05, 0) is 50.2 Å². The molecule has 8 heteroatoms. The molecule has 4 rings (SSSR count). The molecule has 0 atom stereocenters. The van der Waals surface area contributed by atoms with Gasteiger partial charge in [0.05, 0.1) is 25.3 Å². The van der Waals surface area contributed by atoms with Gasteiger partial charge in [0.2, 0.25) is 0 Å². The average Bonchev–Trinajstić information content (AvgIpc) is 3.51. The Labute approximate surface area is 191 Å². The molecule has 0 saturated heterocycles. The summed E-state index contributed by atoms with van der Waals surface area (Å²) in [4.78, 5) is 23.0. The maximum Gasteiger partial charge on any atom is 0.356 e. The minimum absolute atomic E-state index is 0.382. The molecular weight excluding hydrogens is 422 g/mol. The van der Waals surface area contributed by atoms with E-state index in [2.05, 4.69) is 53.3 Å². The van der Waals surface area contributed by atoms with Crippen LogP contribution in [0, 0.1) is 0 Å². The highest BCUT2D eigenvalue weighted by Gasteiger charge is 2.13. The van der Waals surface area contributed by atoms with E-state index in [0.29, 0.717) is 5.69 Å². The summed E-state index contributed by atoms with van der Waals surface area (Å²) in [6.07, 6.45) is 3.09. The number of ether oxygens (including phenoxy) is 1. The van der Waals surface area contributed by atoms with Gasteiger partial charge in [-0.1, -0.05) is 12.1 Å². The van der Waals surface area contributed by atoms with Crippen molar-refractivity contribution < 1.29 is 9.53 Å². The van der Waals surface area contributed by atoms with Crippen molar-refractivity contribution in [3.63, 3.8) is 0 Å². The number of esters is 1. The molecule has 0 fully saturated rings. The summed E-state index contributed by atoms with van der Waals surface area (Å²) in [5.41, 5.74) is 5.32. The number of thiazole rings is 1. The SMILES string of the molecule is CCN(CC)c1ccc(Nc2nc(-c3ccc(-n4cncc4C(=O)OC)cc3)cs2)cc1. The quantitative estimate of drug-likeness (QED) is 0.366. The Morgan fingerprint density at radius 3 is 2.47 bits per heavy atom. The van der Waals surface area contributed by atoms with E-state index in [0.717, 1.165) is 40.9 Å². The minimum atomic E-state index is -0.424. The largest absolute Gasteiger partial charge is 0.464 e. The topological polar surface area (TPSA) is 72.3 Å². The monoisotopic (exact) mass is 447 g/mol. The molecule has 2 aromatic carbocycles. The lowest BCUT2D eigenvalue weighted by atomic mass is 10.1. The Morgan fingerprint density at radius 2 is 1.81 bits per heavy atom. The molecular formula is C24H25N5O2S. The van der Waals surface area contributed by atoms with Crippen LogP contribution in [0.3, 0.4) is 0 Å². The number of carbonyl (C=O) groups is 1. The van der Waals surface area contributed by atoms with Gasteiger partial charge in [0.1, 0.15) is 0 Å². The lowest BCUT2D eigenvalue weighted by Crippen LogP contribution is -2.21. The fraction of sp³-hybridized carbons (Fsp3) is 0.208. The van der Waals surface area contributed by atoms with Crippen LogP contribution in [0.2, 0.25) is 0 Å². The second-order valence-corrected chi connectivity index (χ2v) is 7.93. The van der Waals surface area contributed by atoms with Crippen LogP contribution in [0.5, 0.6) is 0 Å². The summed E-state index contributed by atoms with van der Waals surface area (Å²) in [5.74, 6) is -0.424. The van der Waals surface area contributed by atoms with Crippen molar-refractivity contribution >= 4 is 33.8 Å². The van der Waals surface area contributed by atoms with Gasteiger partial charge in [0.15, 0.2) is 10.8 Å². The minimum Gasteiger partial charge on any atom is -0.464 e. The highest BCUT2D eigenvalue weighted by molar-refractivity contribution is 7.14. The van der Waals surface area contributed by atoms with Crippen LogP contribution in [-0.2, 0) is 4.74 Å². The van der Waals surface area contributed by atoms with E-state index in [1.807, 2.05) is 29.6 Å². The number of aromatic nitrogens is 3. The van der Waals surface area contributed by atoms with Gasteiger partial charge >= 0.3 is 5.97 Å². The predicted octanol–water partition coefficient (Wildman–Crippen LogP) is 5.37. The zero-order chi connectivity index (χ0) is 22.5. The van der Waals surface area contributed by atoms with Crippen molar-refractivity contribution in [1.82, 2.24) is 14.5 Å². The number of nitrogens with zero attached hydrogens (tertiary/aromatic N) is 4. The Balaban J connectivity index is 1.47. The molecule has 0 aliphatic heterocycles. The molecule has 0 unspecified atom stereocenters. The summed E-state index contributed by atoms with van der Waals surface area (Å²) >= 11 is 1.56. The van der Waals surface area contributed by atoms with Gasteiger partial charge < -0.3 is 15.0 Å². The van der Waals surface area contributed by atoms with Crippen molar-refractivity contribution in [3.05, 3.63) is 72.1 Å². The van der Waals surface area contributed by atoms with E-state index in [9.17, 15) is 4.79 Å². The number of methoxy groups -OCH3 is 1. The van der Waals surface area contributed by atoms with E-state index in [1.165, 1.54) is 19.0 Å². The van der Waals surface area contributed by atoms with Crippen LogP contribution >= 0.6 is 11.3 Å². The second-order valence-electron chi connectivity index (χ2n) is 7.07. The summed E-state index contributed by atoms with van der Waals surface area (Å²) in [5, 5.41) is 6.24. The first kappa shape index (κ1) is 21.6. The van der Waals surface area contributed by atoms with E-state index in [4.69, 9.17) is 9.72 Å². The Hall–Kier alpha value is -3.65. The number of hydrogen-bond donors (Lipinski definition) is 1. The van der Waals surface area contributed by atoms with Crippen LogP contribution in [0.1, 0.15) is 24.3 Å². The fourth-order valence-corrected chi connectivity index (χ4v) is 4.22. The number of anilines is 3. The van der Waals surface area contributed by atoms with Crippen LogP contribution < -0.4 is 10.2 Å². The van der Waals surface area contributed by atoms with E-state index in [-0.39, 0.29) is 0 Å². The predicted molar refractivity (Wildman–Crippen MR) is 129 cm³/mol. The van der Waals surface area contributed by atoms with Crippen LogP contribution in [0.4, 0.5) is 16.5 Å². The summed E-state index contributed by atoms with van der Waals surface area (Å²) in [7, 11) is 1.36. The molecule has 0 bridgehead atoms. The number of carbonyl (C=O) groups excluding carboxylic acids is 1. The Kier molecular flexibility index (Phi) is 6.51. The average molecular weight is 448 g/mol. The van der Waals surface area contributed by atoms with Crippen LogP contribution in [0.25, 0.3) is 16.9 Å². The summed E-state index contributed by atoms with van der Waals surface area (Å²) in [6.45, 7) is 6.30. The van der Waals surface area contributed by atoms with E-state index >= 15 is 0 Å². The first-order chi connectivity index (χ1) is 15.6. The van der Waals surface area contributed by atoms with Crippen molar-refractivity contribution in [2.45, 2.75) is 13.8 Å². The number of nitrogens with one attached hydrogen (secondary N) is 1. The smallest absolute Gasteiger partial charge is 0.356 e. The first-order valence-corrected chi connectivity index (χ1v) is 11.3. The molecule has 4 aromatic rings. The molecule has 0 saturated carbocycles. The van der Waals surface area contributed by atoms with Crippen molar-refractivity contribution in [2.75, 3.05) is 30.4 Å². The van der Waals surface area contributed by atoms with Crippen LogP contribution in [0.15, 0.2) is 66.4 Å². The lowest BCUT2D eigenvalue weighted by molar-refractivity contribution is 0.0591.